The fourth-order valence-electron chi connectivity index (χ4n) is 2.80. The fraction of sp³-hybridized carbons (Fsp3) is 0.571. The fourth-order valence-corrected chi connectivity index (χ4v) is 2.80. The molecule has 0 N–H and O–H groups in total. The number of fused-ring (bicyclic) bond motifs is 3. The molecule has 0 spiro atoms. The number of rotatable bonds is 1. The van der Waals surface area contributed by atoms with Gasteiger partial charge >= 0.3 is 0 Å². The van der Waals surface area contributed by atoms with Gasteiger partial charge in [0.2, 0.25) is 0 Å². The molecule has 1 saturated heterocycles. The van der Waals surface area contributed by atoms with Gasteiger partial charge in [-0.3, -0.25) is 4.90 Å². The van der Waals surface area contributed by atoms with Gasteiger partial charge in [0.25, 0.3) is 0 Å². The lowest BCUT2D eigenvalue weighted by molar-refractivity contribution is -0.0645. The SMILES string of the molecule is COc1ccc2c(c1)[C@H]1OCCN(C)[C@@H]1CCO2. The molecule has 0 bridgehead atoms. The highest BCUT2D eigenvalue weighted by atomic mass is 16.5. The summed E-state index contributed by atoms with van der Waals surface area (Å²) in [5.74, 6) is 1.79. The normalized spacial score (nSPS) is 27.7. The lowest BCUT2D eigenvalue weighted by atomic mass is 9.97. The Morgan fingerprint density at radius 3 is 3.06 bits per heavy atom. The molecule has 0 amide bonds. The Morgan fingerprint density at radius 1 is 1.33 bits per heavy atom. The van der Waals surface area contributed by atoms with Crippen LogP contribution in [0.1, 0.15) is 18.1 Å². The summed E-state index contributed by atoms with van der Waals surface area (Å²) in [6, 6.07) is 6.35. The third-order valence-electron chi connectivity index (χ3n) is 3.85. The molecule has 1 aromatic carbocycles. The molecular weight excluding hydrogens is 230 g/mol. The van der Waals surface area contributed by atoms with Crippen molar-refractivity contribution in [2.75, 3.05) is 33.9 Å². The molecule has 18 heavy (non-hydrogen) atoms. The van der Waals surface area contributed by atoms with Crippen molar-refractivity contribution in [3.63, 3.8) is 0 Å². The molecule has 3 rings (SSSR count). The minimum Gasteiger partial charge on any atom is -0.497 e. The van der Waals surface area contributed by atoms with Gasteiger partial charge in [0.1, 0.15) is 17.6 Å². The van der Waals surface area contributed by atoms with Gasteiger partial charge in [-0.2, -0.15) is 0 Å². The van der Waals surface area contributed by atoms with Gasteiger partial charge in [-0.05, 0) is 31.7 Å². The van der Waals surface area contributed by atoms with Gasteiger partial charge in [0, 0.05) is 18.2 Å². The molecule has 1 fully saturated rings. The first-order valence-corrected chi connectivity index (χ1v) is 6.42. The summed E-state index contributed by atoms with van der Waals surface area (Å²) >= 11 is 0. The largest absolute Gasteiger partial charge is 0.497 e. The van der Waals surface area contributed by atoms with Gasteiger partial charge in [0.05, 0.1) is 20.3 Å². The van der Waals surface area contributed by atoms with Crippen LogP contribution in [0.4, 0.5) is 0 Å². The standard InChI is InChI=1S/C14H19NO3/c1-15-6-8-18-14-11-9-10(16-2)3-4-13(11)17-7-5-12(14)15/h3-4,9,12,14H,5-8H2,1-2H3/t12-,14-/m1/s1. The van der Waals surface area contributed by atoms with Crippen LogP contribution in [0.15, 0.2) is 18.2 Å². The van der Waals surface area contributed by atoms with Gasteiger partial charge in [-0.15, -0.1) is 0 Å². The Kier molecular flexibility index (Phi) is 3.14. The summed E-state index contributed by atoms with van der Waals surface area (Å²) in [5.41, 5.74) is 1.11. The van der Waals surface area contributed by atoms with E-state index in [0.717, 1.165) is 43.2 Å². The van der Waals surface area contributed by atoms with Crippen molar-refractivity contribution in [1.29, 1.82) is 0 Å². The number of morpholine rings is 1. The number of hydrogen-bond donors (Lipinski definition) is 0. The van der Waals surface area contributed by atoms with Crippen LogP contribution in [-0.4, -0.2) is 44.9 Å². The molecule has 1 aromatic rings. The molecule has 2 heterocycles. The molecule has 4 nitrogen and oxygen atoms in total. The average molecular weight is 249 g/mol. The number of nitrogens with zero attached hydrogens (tertiary/aromatic N) is 1. The maximum Gasteiger partial charge on any atom is 0.125 e. The molecule has 0 unspecified atom stereocenters. The lowest BCUT2D eigenvalue weighted by Gasteiger charge is -2.38. The predicted molar refractivity (Wildman–Crippen MR) is 68.2 cm³/mol. The van der Waals surface area contributed by atoms with Crippen LogP contribution in [0, 0.1) is 0 Å². The Bertz CT molecular complexity index is 435. The predicted octanol–water partition coefficient (Wildman–Crippen LogP) is 1.85. The molecular formula is C14H19NO3. The van der Waals surface area contributed by atoms with Crippen molar-refractivity contribution in [2.24, 2.45) is 0 Å². The van der Waals surface area contributed by atoms with E-state index in [2.05, 4.69) is 11.9 Å². The van der Waals surface area contributed by atoms with E-state index >= 15 is 0 Å². The summed E-state index contributed by atoms with van der Waals surface area (Å²) in [6.07, 6.45) is 1.09. The Labute approximate surface area is 107 Å². The second-order valence-electron chi connectivity index (χ2n) is 4.88. The number of ether oxygens (including phenoxy) is 3. The first-order chi connectivity index (χ1) is 8.79. The Morgan fingerprint density at radius 2 is 2.22 bits per heavy atom. The van der Waals surface area contributed by atoms with E-state index < -0.39 is 0 Å². The van der Waals surface area contributed by atoms with Gasteiger partial charge in [-0.25, -0.2) is 0 Å². The van der Waals surface area contributed by atoms with Crippen molar-refractivity contribution >= 4 is 0 Å². The lowest BCUT2D eigenvalue weighted by Crippen LogP contribution is -2.44. The smallest absolute Gasteiger partial charge is 0.125 e. The van der Waals surface area contributed by atoms with Crippen LogP contribution < -0.4 is 9.47 Å². The highest BCUT2D eigenvalue weighted by molar-refractivity contribution is 5.43. The number of hydrogen-bond acceptors (Lipinski definition) is 4. The highest BCUT2D eigenvalue weighted by Crippen LogP contribution is 2.39. The molecule has 98 valence electrons. The first kappa shape index (κ1) is 11.8. The maximum atomic E-state index is 5.98. The van der Waals surface area contributed by atoms with Crippen molar-refractivity contribution in [3.8, 4) is 11.5 Å². The molecule has 0 saturated carbocycles. The summed E-state index contributed by atoms with van der Waals surface area (Å²) in [4.78, 5) is 2.37. The Hall–Kier alpha value is -1.26. The average Bonchev–Trinajstić information content (AvgIpc) is 2.58. The van der Waals surface area contributed by atoms with Crippen molar-refractivity contribution < 1.29 is 14.2 Å². The second kappa shape index (κ2) is 4.78. The summed E-state index contributed by atoms with van der Waals surface area (Å²) < 4.78 is 17.1. The van der Waals surface area contributed by atoms with E-state index in [1.54, 1.807) is 7.11 Å². The minimum absolute atomic E-state index is 0.0938. The van der Waals surface area contributed by atoms with E-state index in [0.29, 0.717) is 6.04 Å². The molecule has 2 atom stereocenters. The van der Waals surface area contributed by atoms with E-state index in [4.69, 9.17) is 14.2 Å². The van der Waals surface area contributed by atoms with Crippen molar-refractivity contribution in [3.05, 3.63) is 23.8 Å². The van der Waals surface area contributed by atoms with E-state index in [-0.39, 0.29) is 6.10 Å². The number of methoxy groups -OCH3 is 1. The zero-order chi connectivity index (χ0) is 12.5. The Balaban J connectivity index is 2.01. The number of likely N-dealkylation sites (N-methyl/N-ethyl adjacent to an activating group) is 1. The first-order valence-electron chi connectivity index (χ1n) is 6.42. The third kappa shape index (κ3) is 1.95. The van der Waals surface area contributed by atoms with Crippen LogP contribution in [0.25, 0.3) is 0 Å². The van der Waals surface area contributed by atoms with Gasteiger partial charge in [-0.1, -0.05) is 0 Å². The molecule has 0 radical (unpaired) electrons. The van der Waals surface area contributed by atoms with E-state index in [9.17, 15) is 0 Å². The van der Waals surface area contributed by atoms with Crippen molar-refractivity contribution in [2.45, 2.75) is 18.6 Å². The van der Waals surface area contributed by atoms with Gasteiger partial charge in [0.15, 0.2) is 0 Å². The second-order valence-corrected chi connectivity index (χ2v) is 4.88. The van der Waals surface area contributed by atoms with Crippen LogP contribution in [0.3, 0.4) is 0 Å². The molecule has 4 heteroatoms. The van der Waals surface area contributed by atoms with Gasteiger partial charge < -0.3 is 14.2 Å². The molecule has 0 aliphatic carbocycles. The molecule has 2 aliphatic rings. The van der Waals surface area contributed by atoms with Crippen molar-refractivity contribution in [1.82, 2.24) is 4.90 Å². The van der Waals surface area contributed by atoms with E-state index in [1.165, 1.54) is 0 Å². The van der Waals surface area contributed by atoms with E-state index in [1.807, 2.05) is 18.2 Å². The zero-order valence-electron chi connectivity index (χ0n) is 10.9. The molecule has 0 aromatic heterocycles. The topological polar surface area (TPSA) is 30.9 Å². The molecule has 2 aliphatic heterocycles. The zero-order valence-corrected chi connectivity index (χ0v) is 10.9. The monoisotopic (exact) mass is 249 g/mol. The maximum absolute atomic E-state index is 5.98. The minimum atomic E-state index is 0.0938. The van der Waals surface area contributed by atoms with Crippen LogP contribution in [0.5, 0.6) is 11.5 Å². The van der Waals surface area contributed by atoms with Crippen LogP contribution in [0.2, 0.25) is 0 Å². The summed E-state index contributed by atoms with van der Waals surface area (Å²) in [6.45, 7) is 2.50. The van der Waals surface area contributed by atoms with Crippen LogP contribution >= 0.6 is 0 Å². The highest BCUT2D eigenvalue weighted by Gasteiger charge is 2.35. The quantitative estimate of drug-likeness (QED) is 0.760. The summed E-state index contributed by atoms with van der Waals surface area (Å²) in [5, 5.41) is 0. The third-order valence-corrected chi connectivity index (χ3v) is 3.85. The van der Waals surface area contributed by atoms with Crippen LogP contribution in [-0.2, 0) is 4.74 Å². The number of benzene rings is 1. The summed E-state index contributed by atoms with van der Waals surface area (Å²) in [7, 11) is 3.84.